The first kappa shape index (κ1) is 13.6. The van der Waals surface area contributed by atoms with E-state index in [-0.39, 0.29) is 4.87 Å². The fourth-order valence-electron chi connectivity index (χ4n) is 1.69. The van der Waals surface area contributed by atoms with Gasteiger partial charge in [0.1, 0.15) is 0 Å². The van der Waals surface area contributed by atoms with Crippen molar-refractivity contribution >= 4 is 11.3 Å². The maximum Gasteiger partial charge on any atom is 0.304 e. The van der Waals surface area contributed by atoms with E-state index < -0.39 is 0 Å². The second-order valence-electron chi connectivity index (χ2n) is 3.77. The molecule has 0 saturated heterocycles. The van der Waals surface area contributed by atoms with E-state index in [1.54, 1.807) is 31.9 Å². The van der Waals surface area contributed by atoms with Crippen LogP contribution in [0.4, 0.5) is 0 Å². The van der Waals surface area contributed by atoms with Gasteiger partial charge in [-0.25, -0.2) is 0 Å². The maximum absolute atomic E-state index is 11.0. The molecule has 0 fully saturated rings. The molecule has 2 rings (SSSR count). The van der Waals surface area contributed by atoms with Gasteiger partial charge >= 0.3 is 4.87 Å². The Morgan fingerprint density at radius 3 is 2.84 bits per heavy atom. The molecule has 0 radical (unpaired) electrons. The number of pyridine rings is 1. The number of ether oxygens (including phenoxy) is 2. The molecule has 2 N–H and O–H groups in total. The predicted molar refractivity (Wildman–Crippen MR) is 72.8 cm³/mol. The van der Waals surface area contributed by atoms with Crippen LogP contribution < -0.4 is 19.7 Å². The van der Waals surface area contributed by atoms with E-state index in [9.17, 15) is 4.79 Å². The lowest BCUT2D eigenvalue weighted by Gasteiger charge is -2.11. The van der Waals surface area contributed by atoms with E-state index in [2.05, 4.69) is 15.3 Å². The number of aromatic amines is 1. The summed E-state index contributed by atoms with van der Waals surface area (Å²) in [5, 5.41) is 4.99. The molecule has 2 aromatic rings. The summed E-state index contributed by atoms with van der Waals surface area (Å²) in [5.74, 6) is 1.27. The van der Waals surface area contributed by atoms with Gasteiger partial charge < -0.3 is 19.8 Å². The Balaban J connectivity index is 2.01. The summed E-state index contributed by atoms with van der Waals surface area (Å²) in [7, 11) is 3.17. The van der Waals surface area contributed by atoms with E-state index >= 15 is 0 Å². The van der Waals surface area contributed by atoms with Crippen LogP contribution >= 0.6 is 11.3 Å². The van der Waals surface area contributed by atoms with Crippen LogP contribution in [-0.2, 0) is 13.1 Å². The highest BCUT2D eigenvalue weighted by molar-refractivity contribution is 7.07. The Morgan fingerprint density at radius 1 is 1.37 bits per heavy atom. The van der Waals surface area contributed by atoms with Gasteiger partial charge in [-0.1, -0.05) is 11.3 Å². The summed E-state index contributed by atoms with van der Waals surface area (Å²) in [6.07, 6.45) is 1.67. The molecule has 0 atom stereocenters. The number of aromatic nitrogens is 2. The molecule has 0 amide bonds. The molecular weight excluding hydrogens is 266 g/mol. The minimum atomic E-state index is -0.0473. The van der Waals surface area contributed by atoms with Gasteiger partial charge in [-0.3, -0.25) is 9.78 Å². The van der Waals surface area contributed by atoms with Gasteiger partial charge in [-0.2, -0.15) is 0 Å². The van der Waals surface area contributed by atoms with Gasteiger partial charge in [0.25, 0.3) is 0 Å². The SMILES string of the molecule is COc1ccnc(CNCc2csc(=O)[nH]2)c1OC. The lowest BCUT2D eigenvalue weighted by atomic mass is 10.3. The van der Waals surface area contributed by atoms with Gasteiger partial charge in [-0.15, -0.1) is 0 Å². The Kier molecular flexibility index (Phi) is 4.53. The normalized spacial score (nSPS) is 10.4. The minimum Gasteiger partial charge on any atom is -0.493 e. The number of hydrogen-bond acceptors (Lipinski definition) is 6. The molecule has 2 heterocycles. The molecule has 0 aliphatic carbocycles. The molecular formula is C12H15N3O3S. The number of rotatable bonds is 6. The quantitative estimate of drug-likeness (QED) is 0.830. The van der Waals surface area contributed by atoms with Crippen molar-refractivity contribution in [2.45, 2.75) is 13.1 Å². The van der Waals surface area contributed by atoms with Gasteiger partial charge in [-0.05, 0) is 0 Å². The van der Waals surface area contributed by atoms with E-state index in [0.717, 1.165) is 22.7 Å². The third kappa shape index (κ3) is 3.33. The minimum absolute atomic E-state index is 0.0473. The summed E-state index contributed by atoms with van der Waals surface area (Å²) in [5.41, 5.74) is 1.62. The molecule has 0 aromatic carbocycles. The molecule has 0 spiro atoms. The van der Waals surface area contributed by atoms with E-state index in [4.69, 9.17) is 9.47 Å². The highest BCUT2D eigenvalue weighted by atomic mass is 32.1. The zero-order chi connectivity index (χ0) is 13.7. The van der Waals surface area contributed by atoms with Crippen molar-refractivity contribution in [2.75, 3.05) is 14.2 Å². The van der Waals surface area contributed by atoms with Crippen molar-refractivity contribution in [3.8, 4) is 11.5 Å². The number of hydrogen-bond donors (Lipinski definition) is 2. The van der Waals surface area contributed by atoms with Crippen LogP contribution in [-0.4, -0.2) is 24.2 Å². The van der Waals surface area contributed by atoms with Crippen molar-refractivity contribution in [3.63, 3.8) is 0 Å². The van der Waals surface area contributed by atoms with Crippen molar-refractivity contribution in [1.29, 1.82) is 0 Å². The van der Waals surface area contributed by atoms with Crippen LogP contribution in [0.3, 0.4) is 0 Å². The summed E-state index contributed by atoms with van der Waals surface area (Å²) >= 11 is 1.15. The van der Waals surface area contributed by atoms with Gasteiger partial charge in [0, 0.05) is 36.4 Å². The molecule has 0 unspecified atom stereocenters. The Hall–Kier alpha value is -1.86. The van der Waals surface area contributed by atoms with Crippen molar-refractivity contribution < 1.29 is 9.47 Å². The summed E-state index contributed by atoms with van der Waals surface area (Å²) in [4.78, 5) is 17.9. The molecule has 0 aliphatic heterocycles. The van der Waals surface area contributed by atoms with Crippen molar-refractivity contribution in [3.05, 3.63) is 38.7 Å². The fourth-order valence-corrected chi connectivity index (χ4v) is 2.27. The lowest BCUT2D eigenvalue weighted by Crippen LogP contribution is -2.15. The summed E-state index contributed by atoms with van der Waals surface area (Å²) in [6.45, 7) is 1.10. The highest BCUT2D eigenvalue weighted by Gasteiger charge is 2.10. The van der Waals surface area contributed by atoms with E-state index in [1.807, 2.05) is 0 Å². The number of nitrogens with one attached hydrogen (secondary N) is 2. The summed E-state index contributed by atoms with van der Waals surface area (Å²) < 4.78 is 10.5. The number of H-pyrrole nitrogens is 1. The number of thiazole rings is 1. The zero-order valence-corrected chi connectivity index (χ0v) is 11.5. The van der Waals surface area contributed by atoms with E-state index in [0.29, 0.717) is 24.6 Å². The lowest BCUT2D eigenvalue weighted by molar-refractivity contribution is 0.348. The van der Waals surface area contributed by atoms with Crippen LogP contribution in [0.15, 0.2) is 22.4 Å². The van der Waals surface area contributed by atoms with Crippen LogP contribution in [0.1, 0.15) is 11.4 Å². The average Bonchev–Trinajstić information content (AvgIpc) is 2.84. The third-order valence-electron chi connectivity index (χ3n) is 2.54. The average molecular weight is 281 g/mol. The number of methoxy groups -OCH3 is 2. The summed E-state index contributed by atoms with van der Waals surface area (Å²) in [6, 6.07) is 1.75. The maximum atomic E-state index is 11.0. The highest BCUT2D eigenvalue weighted by Crippen LogP contribution is 2.28. The monoisotopic (exact) mass is 281 g/mol. The number of nitrogens with zero attached hydrogens (tertiary/aromatic N) is 1. The largest absolute Gasteiger partial charge is 0.493 e. The van der Waals surface area contributed by atoms with Crippen LogP contribution in [0.2, 0.25) is 0 Å². The first-order valence-corrected chi connectivity index (χ1v) is 6.56. The van der Waals surface area contributed by atoms with Crippen LogP contribution in [0.25, 0.3) is 0 Å². The fraction of sp³-hybridized carbons (Fsp3) is 0.333. The second-order valence-corrected chi connectivity index (χ2v) is 4.61. The molecule has 0 aliphatic rings. The first-order valence-electron chi connectivity index (χ1n) is 5.68. The van der Waals surface area contributed by atoms with Crippen molar-refractivity contribution in [1.82, 2.24) is 15.3 Å². The third-order valence-corrected chi connectivity index (χ3v) is 3.26. The second kappa shape index (κ2) is 6.35. The topological polar surface area (TPSA) is 76.2 Å². The van der Waals surface area contributed by atoms with Gasteiger partial charge in [0.2, 0.25) is 0 Å². The molecule has 2 aromatic heterocycles. The Morgan fingerprint density at radius 2 is 2.21 bits per heavy atom. The van der Waals surface area contributed by atoms with Gasteiger partial charge in [0.15, 0.2) is 11.5 Å². The van der Waals surface area contributed by atoms with Crippen molar-refractivity contribution in [2.24, 2.45) is 0 Å². The molecule has 0 saturated carbocycles. The zero-order valence-electron chi connectivity index (χ0n) is 10.7. The molecule has 6 nitrogen and oxygen atoms in total. The van der Waals surface area contributed by atoms with E-state index in [1.165, 1.54) is 0 Å². The Labute approximate surface area is 114 Å². The smallest absolute Gasteiger partial charge is 0.304 e. The molecule has 19 heavy (non-hydrogen) atoms. The predicted octanol–water partition coefficient (Wildman–Crippen LogP) is 1.14. The first-order chi connectivity index (χ1) is 9.24. The van der Waals surface area contributed by atoms with Gasteiger partial charge in [0.05, 0.1) is 19.9 Å². The molecule has 7 heteroatoms. The molecule has 0 bridgehead atoms. The Bertz CT molecular complexity index is 594. The van der Waals surface area contributed by atoms with Crippen LogP contribution in [0.5, 0.6) is 11.5 Å². The standard InChI is InChI=1S/C12H15N3O3S/c1-17-10-3-4-14-9(11(10)18-2)6-13-5-8-7-19-12(16)15-8/h3-4,7,13H,5-6H2,1-2H3,(H,15,16). The van der Waals surface area contributed by atoms with Crippen LogP contribution in [0, 0.1) is 0 Å². The molecule has 102 valence electrons.